The molecule has 0 bridgehead atoms. The van der Waals surface area contributed by atoms with Crippen molar-refractivity contribution in [2.45, 2.75) is 46.3 Å². The van der Waals surface area contributed by atoms with Gasteiger partial charge in [-0.1, -0.05) is 19.1 Å². The Morgan fingerprint density at radius 3 is 2.59 bits per heavy atom. The summed E-state index contributed by atoms with van der Waals surface area (Å²) in [6, 6.07) is 5.21. The van der Waals surface area contributed by atoms with E-state index in [4.69, 9.17) is 4.74 Å². The number of thiophene rings is 1. The second kappa shape index (κ2) is 7.60. The summed E-state index contributed by atoms with van der Waals surface area (Å²) in [5, 5.41) is 0.440. The first kappa shape index (κ1) is 19.2. The summed E-state index contributed by atoms with van der Waals surface area (Å²) < 4.78 is 19.9. The van der Waals surface area contributed by atoms with Gasteiger partial charge >= 0.3 is 5.97 Å². The molecule has 0 spiro atoms. The van der Waals surface area contributed by atoms with Gasteiger partial charge in [0.15, 0.2) is 0 Å². The van der Waals surface area contributed by atoms with Crippen molar-refractivity contribution >= 4 is 27.5 Å². The van der Waals surface area contributed by atoms with Gasteiger partial charge in [0.25, 0.3) is 5.56 Å². The highest BCUT2D eigenvalue weighted by Crippen LogP contribution is 2.35. The number of nitrogens with zero attached hydrogens (tertiary/aromatic N) is 2. The molecule has 0 saturated heterocycles. The second-order valence-electron chi connectivity index (χ2n) is 6.51. The summed E-state index contributed by atoms with van der Waals surface area (Å²) in [5.41, 5.74) is 1.16. The number of aromatic nitrogens is 2. The van der Waals surface area contributed by atoms with Gasteiger partial charge in [0.1, 0.15) is 16.7 Å². The topological polar surface area (TPSA) is 61.2 Å². The average Bonchev–Trinajstić information content (AvgIpc) is 2.99. The molecule has 2 atom stereocenters. The Morgan fingerprint density at radius 1 is 1.30 bits per heavy atom. The number of fused-ring (bicyclic) bond motifs is 1. The summed E-state index contributed by atoms with van der Waals surface area (Å²) in [5.74, 6) is -0.809. The summed E-state index contributed by atoms with van der Waals surface area (Å²) in [6.07, 6.45) is 1.87. The van der Waals surface area contributed by atoms with Crippen LogP contribution >= 0.6 is 11.3 Å². The van der Waals surface area contributed by atoms with Crippen LogP contribution in [0.3, 0.4) is 0 Å². The molecule has 0 aliphatic rings. The minimum absolute atomic E-state index is 0.217. The fourth-order valence-electron chi connectivity index (χ4n) is 2.85. The molecule has 0 radical (unpaired) electrons. The van der Waals surface area contributed by atoms with Crippen LogP contribution in [0, 0.1) is 12.7 Å². The zero-order valence-electron chi connectivity index (χ0n) is 15.7. The molecule has 3 aromatic rings. The quantitative estimate of drug-likeness (QED) is 0.605. The SMILES string of the molecule is CC[C@H](C)OC(=O)[C@H](C)n1cnc2sc(C)c(-c3ccc(F)cc3)c2c1=O. The maximum absolute atomic E-state index is 13.3. The zero-order valence-corrected chi connectivity index (χ0v) is 16.5. The first-order valence-electron chi connectivity index (χ1n) is 8.80. The van der Waals surface area contributed by atoms with Crippen molar-refractivity contribution < 1.29 is 13.9 Å². The monoisotopic (exact) mass is 388 g/mol. The molecule has 27 heavy (non-hydrogen) atoms. The smallest absolute Gasteiger partial charge is 0.329 e. The van der Waals surface area contributed by atoms with E-state index >= 15 is 0 Å². The number of halogens is 1. The van der Waals surface area contributed by atoms with Gasteiger partial charge in [-0.25, -0.2) is 14.2 Å². The molecular weight excluding hydrogens is 367 g/mol. The summed E-state index contributed by atoms with van der Waals surface area (Å²) in [7, 11) is 0. The van der Waals surface area contributed by atoms with E-state index in [-0.39, 0.29) is 17.5 Å². The fraction of sp³-hybridized carbons (Fsp3) is 0.350. The number of rotatable bonds is 5. The largest absolute Gasteiger partial charge is 0.461 e. The van der Waals surface area contributed by atoms with E-state index in [1.807, 2.05) is 20.8 Å². The molecule has 0 unspecified atom stereocenters. The number of carbonyl (C=O) groups excluding carboxylic acids is 1. The molecule has 0 aliphatic carbocycles. The number of aryl methyl sites for hydroxylation is 1. The molecule has 0 N–H and O–H groups in total. The van der Waals surface area contributed by atoms with Crippen molar-refractivity contribution in [3.05, 3.63) is 51.6 Å². The maximum Gasteiger partial charge on any atom is 0.329 e. The number of carbonyl (C=O) groups is 1. The molecule has 2 aromatic heterocycles. The second-order valence-corrected chi connectivity index (χ2v) is 7.71. The minimum atomic E-state index is -0.787. The van der Waals surface area contributed by atoms with Gasteiger partial charge in [-0.05, 0) is 44.9 Å². The number of benzene rings is 1. The highest BCUT2D eigenvalue weighted by Gasteiger charge is 2.23. The van der Waals surface area contributed by atoms with Crippen LogP contribution in [0.4, 0.5) is 4.39 Å². The van der Waals surface area contributed by atoms with Gasteiger partial charge in [0.05, 0.1) is 17.8 Å². The molecule has 1 aromatic carbocycles. The minimum Gasteiger partial charge on any atom is -0.461 e. The van der Waals surface area contributed by atoms with E-state index < -0.39 is 12.0 Å². The molecular formula is C20H21FN2O3S. The van der Waals surface area contributed by atoms with Gasteiger partial charge in [-0.3, -0.25) is 9.36 Å². The lowest BCUT2D eigenvalue weighted by atomic mass is 10.0. The number of hydrogen-bond acceptors (Lipinski definition) is 5. The molecule has 0 fully saturated rings. The van der Waals surface area contributed by atoms with Gasteiger partial charge < -0.3 is 4.74 Å². The van der Waals surface area contributed by atoms with Crippen molar-refractivity contribution in [2.75, 3.05) is 0 Å². The third-order valence-electron chi connectivity index (χ3n) is 4.60. The molecule has 3 rings (SSSR count). The third kappa shape index (κ3) is 3.64. The van der Waals surface area contributed by atoms with Gasteiger partial charge in [0, 0.05) is 10.4 Å². The first-order chi connectivity index (χ1) is 12.8. The average molecular weight is 388 g/mol. The van der Waals surface area contributed by atoms with E-state index in [0.29, 0.717) is 16.6 Å². The van der Waals surface area contributed by atoms with Crippen molar-refractivity contribution in [2.24, 2.45) is 0 Å². The van der Waals surface area contributed by atoms with E-state index in [0.717, 1.165) is 16.0 Å². The molecule has 0 saturated carbocycles. The lowest BCUT2D eigenvalue weighted by Gasteiger charge is -2.17. The van der Waals surface area contributed by atoms with Crippen molar-refractivity contribution in [3.63, 3.8) is 0 Å². The Labute approximate surface area is 160 Å². The van der Waals surface area contributed by atoms with Crippen LogP contribution in [0.2, 0.25) is 0 Å². The van der Waals surface area contributed by atoms with Crippen LogP contribution in [-0.4, -0.2) is 21.6 Å². The third-order valence-corrected chi connectivity index (χ3v) is 5.61. The van der Waals surface area contributed by atoms with Crippen LogP contribution in [-0.2, 0) is 9.53 Å². The van der Waals surface area contributed by atoms with Crippen molar-refractivity contribution in [3.8, 4) is 11.1 Å². The maximum atomic E-state index is 13.3. The molecule has 0 aliphatic heterocycles. The lowest BCUT2D eigenvalue weighted by Crippen LogP contribution is -2.31. The first-order valence-corrected chi connectivity index (χ1v) is 9.61. The Balaban J connectivity index is 2.11. The Kier molecular flexibility index (Phi) is 5.41. The van der Waals surface area contributed by atoms with Crippen LogP contribution in [0.25, 0.3) is 21.3 Å². The lowest BCUT2D eigenvalue weighted by molar-refractivity contribution is -0.152. The van der Waals surface area contributed by atoms with Crippen LogP contribution in [0.5, 0.6) is 0 Å². The fourth-order valence-corrected chi connectivity index (χ4v) is 3.85. The number of esters is 1. The summed E-state index contributed by atoms with van der Waals surface area (Å²) in [4.78, 5) is 31.4. The predicted molar refractivity (Wildman–Crippen MR) is 105 cm³/mol. The standard InChI is InChI=1S/C20H21FN2O3S/c1-5-11(2)26-20(25)12(3)23-10-22-18-17(19(23)24)16(13(4)27-18)14-6-8-15(21)9-7-14/h6-12H,5H2,1-4H3/t11-,12-/m0/s1. The van der Waals surface area contributed by atoms with E-state index in [2.05, 4.69) is 4.98 Å². The van der Waals surface area contributed by atoms with Crippen molar-refractivity contribution in [1.29, 1.82) is 0 Å². The normalized spacial score (nSPS) is 13.5. The van der Waals surface area contributed by atoms with Crippen LogP contribution in [0.1, 0.15) is 38.1 Å². The molecule has 0 amide bonds. The Morgan fingerprint density at radius 2 is 1.96 bits per heavy atom. The van der Waals surface area contributed by atoms with Crippen LogP contribution in [0.15, 0.2) is 35.4 Å². The Bertz CT molecular complexity index is 1040. The highest BCUT2D eigenvalue weighted by molar-refractivity contribution is 7.19. The summed E-state index contributed by atoms with van der Waals surface area (Å²) >= 11 is 1.40. The Hall–Kier alpha value is -2.54. The number of hydrogen-bond donors (Lipinski definition) is 0. The molecule has 2 heterocycles. The van der Waals surface area contributed by atoms with Gasteiger partial charge in [-0.2, -0.15) is 0 Å². The van der Waals surface area contributed by atoms with E-state index in [1.54, 1.807) is 19.1 Å². The van der Waals surface area contributed by atoms with Crippen molar-refractivity contribution in [1.82, 2.24) is 9.55 Å². The van der Waals surface area contributed by atoms with Crippen LogP contribution < -0.4 is 5.56 Å². The van der Waals surface area contributed by atoms with Gasteiger partial charge in [0.2, 0.25) is 0 Å². The highest BCUT2D eigenvalue weighted by atomic mass is 32.1. The van der Waals surface area contributed by atoms with E-state index in [9.17, 15) is 14.0 Å². The predicted octanol–water partition coefficient (Wildman–Crippen LogP) is 4.48. The van der Waals surface area contributed by atoms with Gasteiger partial charge in [-0.15, -0.1) is 11.3 Å². The van der Waals surface area contributed by atoms with E-state index in [1.165, 1.54) is 34.4 Å². The molecule has 7 heteroatoms. The molecule has 5 nitrogen and oxygen atoms in total. The summed E-state index contributed by atoms with van der Waals surface area (Å²) in [6.45, 7) is 7.25. The number of ether oxygens (including phenoxy) is 1. The zero-order chi connectivity index (χ0) is 19.7. The molecule has 142 valence electrons.